The zero-order valence-electron chi connectivity index (χ0n) is 14.6. The molecule has 1 heterocycles. The molecule has 1 aromatic carbocycles. The van der Waals surface area contributed by atoms with Crippen molar-refractivity contribution in [2.24, 2.45) is 5.73 Å². The maximum absolute atomic E-state index is 11.8. The number of esters is 1. The van der Waals surface area contributed by atoms with Crippen LogP contribution in [0.15, 0.2) is 22.7 Å². The molecular weight excluding hydrogens is 362 g/mol. The second-order valence-electron chi connectivity index (χ2n) is 5.20. The van der Waals surface area contributed by atoms with E-state index in [4.69, 9.17) is 19.6 Å². The van der Waals surface area contributed by atoms with Gasteiger partial charge in [0, 0.05) is 12.5 Å². The summed E-state index contributed by atoms with van der Waals surface area (Å²) in [5, 5.41) is 11.1. The van der Waals surface area contributed by atoms with Crippen molar-refractivity contribution in [3.8, 4) is 11.5 Å². The third kappa shape index (κ3) is 4.71. The monoisotopic (exact) mass is 379 g/mol. The number of hydrogen-bond acceptors (Lipinski definition) is 9. The molecule has 0 radical (unpaired) electrons. The summed E-state index contributed by atoms with van der Waals surface area (Å²) in [5.74, 6) is -1.05. The Labute approximate surface area is 153 Å². The molecule has 0 aliphatic rings. The van der Waals surface area contributed by atoms with Gasteiger partial charge in [0.2, 0.25) is 5.76 Å². The Morgan fingerprint density at radius 3 is 2.59 bits per heavy atom. The number of nitro benzene ring substituents is 1. The molecule has 2 N–H and O–H groups in total. The summed E-state index contributed by atoms with van der Waals surface area (Å²) in [6.45, 7) is 0.170. The molecule has 2 aromatic rings. The van der Waals surface area contributed by atoms with E-state index in [1.54, 1.807) is 0 Å². The minimum absolute atomic E-state index is 0.0364. The fourth-order valence-corrected chi connectivity index (χ4v) is 2.19. The molecule has 2 rings (SSSR count). The average Bonchev–Trinajstić information content (AvgIpc) is 3.13. The van der Waals surface area contributed by atoms with Crippen LogP contribution in [-0.4, -0.2) is 42.6 Å². The summed E-state index contributed by atoms with van der Waals surface area (Å²) in [6, 6.07) is 2.29. The number of ether oxygens (including phenoxy) is 3. The van der Waals surface area contributed by atoms with Crippen LogP contribution in [0.1, 0.15) is 33.2 Å². The van der Waals surface area contributed by atoms with Crippen molar-refractivity contribution in [3.05, 3.63) is 45.7 Å². The third-order valence-electron chi connectivity index (χ3n) is 3.47. The van der Waals surface area contributed by atoms with Crippen LogP contribution in [0.4, 0.5) is 5.69 Å². The van der Waals surface area contributed by atoms with E-state index in [9.17, 15) is 19.7 Å². The summed E-state index contributed by atoms with van der Waals surface area (Å²) in [6.07, 6.45) is 2.05. The van der Waals surface area contributed by atoms with E-state index >= 15 is 0 Å². The average molecular weight is 379 g/mol. The predicted octanol–water partition coefficient (Wildman–Crippen LogP) is 1.49. The molecule has 0 saturated carbocycles. The summed E-state index contributed by atoms with van der Waals surface area (Å²) >= 11 is 0. The van der Waals surface area contributed by atoms with Crippen LogP contribution < -0.4 is 15.2 Å². The SMILES string of the molecule is COC(=O)c1cc(OCCCc2ncc(C(N)=O)o2)c(OC)cc1[N+](=O)[O-]. The number of carbonyl (C=O) groups excluding carboxylic acids is 2. The molecule has 0 spiro atoms. The summed E-state index contributed by atoms with van der Waals surface area (Å²) in [4.78, 5) is 37.1. The predicted molar refractivity (Wildman–Crippen MR) is 89.8 cm³/mol. The van der Waals surface area contributed by atoms with Crippen LogP contribution in [0.2, 0.25) is 0 Å². The third-order valence-corrected chi connectivity index (χ3v) is 3.47. The molecule has 0 aliphatic heterocycles. The highest BCUT2D eigenvalue weighted by molar-refractivity contribution is 5.95. The van der Waals surface area contributed by atoms with E-state index in [0.717, 1.165) is 13.2 Å². The lowest BCUT2D eigenvalue weighted by molar-refractivity contribution is -0.385. The first kappa shape index (κ1) is 19.7. The number of nitrogens with zero attached hydrogens (tertiary/aromatic N) is 2. The number of oxazole rings is 1. The lowest BCUT2D eigenvalue weighted by Gasteiger charge is -2.12. The standard InChI is InChI=1S/C16H17N3O8/c1-24-11-7-10(19(22)23)9(16(21)25-2)6-12(11)26-5-3-4-14-18-8-13(27-14)15(17)20/h6-8H,3-5H2,1-2H3,(H2,17,20). The molecule has 27 heavy (non-hydrogen) atoms. The first-order chi connectivity index (χ1) is 12.9. The largest absolute Gasteiger partial charge is 0.493 e. The number of amides is 1. The lowest BCUT2D eigenvalue weighted by Crippen LogP contribution is -2.09. The zero-order chi connectivity index (χ0) is 20.0. The number of methoxy groups -OCH3 is 2. The van der Waals surface area contributed by atoms with E-state index in [1.165, 1.54) is 19.4 Å². The Bertz CT molecular complexity index is 861. The number of aryl methyl sites for hydroxylation is 1. The fraction of sp³-hybridized carbons (Fsp3) is 0.312. The van der Waals surface area contributed by atoms with Crippen molar-refractivity contribution in [1.29, 1.82) is 0 Å². The highest BCUT2D eigenvalue weighted by Crippen LogP contribution is 2.35. The van der Waals surface area contributed by atoms with Crippen LogP contribution >= 0.6 is 0 Å². The first-order valence-corrected chi connectivity index (χ1v) is 7.69. The number of hydrogen-bond donors (Lipinski definition) is 1. The highest BCUT2D eigenvalue weighted by atomic mass is 16.6. The van der Waals surface area contributed by atoms with Crippen LogP contribution in [0.3, 0.4) is 0 Å². The zero-order valence-corrected chi connectivity index (χ0v) is 14.6. The van der Waals surface area contributed by atoms with Gasteiger partial charge in [0.1, 0.15) is 5.56 Å². The van der Waals surface area contributed by atoms with Crippen molar-refractivity contribution in [3.63, 3.8) is 0 Å². The Balaban J connectivity index is 2.09. The van der Waals surface area contributed by atoms with Crippen LogP contribution in [0.25, 0.3) is 0 Å². The van der Waals surface area contributed by atoms with E-state index < -0.39 is 22.5 Å². The molecule has 1 aromatic heterocycles. The quantitative estimate of drug-likeness (QED) is 0.295. The van der Waals surface area contributed by atoms with Crippen LogP contribution in [0.5, 0.6) is 11.5 Å². The van der Waals surface area contributed by atoms with Gasteiger partial charge in [-0.1, -0.05) is 0 Å². The van der Waals surface area contributed by atoms with Crippen molar-refractivity contribution in [2.45, 2.75) is 12.8 Å². The summed E-state index contributed by atoms with van der Waals surface area (Å²) < 4.78 is 20.4. The fourth-order valence-electron chi connectivity index (χ4n) is 2.19. The van der Waals surface area contributed by atoms with Crippen molar-refractivity contribution < 1.29 is 33.1 Å². The van der Waals surface area contributed by atoms with Gasteiger partial charge in [-0.05, 0) is 6.42 Å². The maximum Gasteiger partial charge on any atom is 0.345 e. The molecule has 0 atom stereocenters. The van der Waals surface area contributed by atoms with Gasteiger partial charge >= 0.3 is 5.97 Å². The minimum Gasteiger partial charge on any atom is -0.493 e. The number of aromatic nitrogens is 1. The number of nitrogens with two attached hydrogens (primary N) is 1. The maximum atomic E-state index is 11.8. The molecule has 0 bridgehead atoms. The van der Waals surface area contributed by atoms with E-state index in [1.807, 2.05) is 0 Å². The number of rotatable bonds is 9. The second-order valence-corrected chi connectivity index (χ2v) is 5.20. The summed E-state index contributed by atoms with van der Waals surface area (Å²) in [7, 11) is 2.44. The Kier molecular flexibility index (Phi) is 6.31. The molecule has 0 saturated heterocycles. The van der Waals surface area contributed by atoms with Crippen molar-refractivity contribution in [2.75, 3.05) is 20.8 Å². The molecule has 0 unspecified atom stereocenters. The van der Waals surface area contributed by atoms with Crippen LogP contribution in [-0.2, 0) is 11.2 Å². The van der Waals surface area contributed by atoms with Crippen LogP contribution in [0, 0.1) is 10.1 Å². The van der Waals surface area contributed by atoms with Gasteiger partial charge in [-0.15, -0.1) is 0 Å². The number of carbonyl (C=O) groups is 2. The van der Waals surface area contributed by atoms with Gasteiger partial charge in [0.15, 0.2) is 17.4 Å². The highest BCUT2D eigenvalue weighted by Gasteiger charge is 2.25. The molecule has 0 aliphatic carbocycles. The van der Waals surface area contributed by atoms with Gasteiger partial charge < -0.3 is 24.4 Å². The van der Waals surface area contributed by atoms with Gasteiger partial charge in [-0.25, -0.2) is 9.78 Å². The molecule has 11 heteroatoms. The minimum atomic E-state index is -0.868. The van der Waals surface area contributed by atoms with E-state index in [-0.39, 0.29) is 29.4 Å². The van der Waals surface area contributed by atoms with Gasteiger partial charge in [0.05, 0.1) is 38.0 Å². The van der Waals surface area contributed by atoms with E-state index in [2.05, 4.69) is 9.72 Å². The van der Waals surface area contributed by atoms with Gasteiger partial charge in [-0.2, -0.15) is 0 Å². The number of primary amides is 1. The van der Waals surface area contributed by atoms with Crippen molar-refractivity contribution in [1.82, 2.24) is 4.98 Å². The second kappa shape index (κ2) is 8.65. The topological polar surface area (TPSA) is 157 Å². The normalized spacial score (nSPS) is 10.3. The molecule has 11 nitrogen and oxygen atoms in total. The lowest BCUT2D eigenvalue weighted by atomic mass is 10.1. The molecule has 144 valence electrons. The molecule has 1 amide bonds. The van der Waals surface area contributed by atoms with Gasteiger partial charge in [-0.3, -0.25) is 14.9 Å². The molecule has 0 fully saturated rings. The summed E-state index contributed by atoms with van der Waals surface area (Å²) in [5.41, 5.74) is 4.37. The van der Waals surface area contributed by atoms with E-state index in [0.29, 0.717) is 18.7 Å². The Hall–Kier alpha value is -3.63. The smallest absolute Gasteiger partial charge is 0.345 e. The Morgan fingerprint density at radius 1 is 1.30 bits per heavy atom. The van der Waals surface area contributed by atoms with Gasteiger partial charge in [0.25, 0.3) is 11.6 Å². The molecular formula is C16H17N3O8. The Morgan fingerprint density at radius 2 is 2.04 bits per heavy atom. The number of nitro groups is 1. The first-order valence-electron chi connectivity index (χ1n) is 7.69. The van der Waals surface area contributed by atoms with Crippen molar-refractivity contribution >= 4 is 17.6 Å². The number of benzene rings is 1.